The smallest absolute Gasteiger partial charge is 0.271 e. The molecule has 0 spiro atoms. The summed E-state index contributed by atoms with van der Waals surface area (Å²) in [5.74, 6) is 0.708. The summed E-state index contributed by atoms with van der Waals surface area (Å²) in [6.07, 6.45) is 0. The van der Waals surface area contributed by atoms with Gasteiger partial charge in [-0.1, -0.05) is 35.5 Å². The number of nitrogens with zero attached hydrogens (tertiary/aromatic N) is 4. The van der Waals surface area contributed by atoms with Gasteiger partial charge in [-0.15, -0.1) is 10.2 Å². The molecule has 156 valence electrons. The molecule has 1 unspecified atom stereocenters. The Morgan fingerprint density at radius 2 is 2.03 bits per heavy atom. The summed E-state index contributed by atoms with van der Waals surface area (Å²) in [5.41, 5.74) is 2.16. The van der Waals surface area contributed by atoms with Crippen molar-refractivity contribution in [2.45, 2.75) is 24.3 Å². The van der Waals surface area contributed by atoms with Crippen molar-refractivity contribution in [1.82, 2.24) is 14.8 Å². The lowest BCUT2D eigenvalue weighted by Crippen LogP contribution is -2.23. The predicted molar refractivity (Wildman–Crippen MR) is 115 cm³/mol. The molecule has 0 saturated heterocycles. The number of benzene rings is 2. The molecule has 0 fully saturated rings. The minimum Gasteiger partial charge on any atom is -0.495 e. The molecule has 0 saturated carbocycles. The van der Waals surface area contributed by atoms with Crippen molar-refractivity contribution in [3.8, 4) is 17.1 Å². The van der Waals surface area contributed by atoms with Gasteiger partial charge in [0, 0.05) is 24.7 Å². The van der Waals surface area contributed by atoms with Crippen LogP contribution < -0.4 is 10.1 Å². The van der Waals surface area contributed by atoms with Crippen LogP contribution in [0, 0.1) is 17.0 Å². The monoisotopic (exact) mass is 427 g/mol. The number of nitro groups is 1. The normalized spacial score (nSPS) is 11.7. The SMILES string of the molecule is COc1ccc([N+](=O)[O-])cc1NC(=O)C(C)Sc1nnc(-c2cccc(C)c2)n1C. The number of nitro benzene ring substituents is 1. The lowest BCUT2D eigenvalue weighted by atomic mass is 10.1. The summed E-state index contributed by atoms with van der Waals surface area (Å²) in [4.78, 5) is 23.2. The topological polar surface area (TPSA) is 112 Å². The Bertz CT molecular complexity index is 1100. The van der Waals surface area contributed by atoms with Gasteiger partial charge in [-0.05, 0) is 26.0 Å². The van der Waals surface area contributed by atoms with Crippen molar-refractivity contribution in [3.05, 3.63) is 58.1 Å². The Hall–Kier alpha value is -3.40. The molecule has 1 N–H and O–H groups in total. The van der Waals surface area contributed by atoms with Crippen molar-refractivity contribution < 1.29 is 14.5 Å². The third-order valence-electron chi connectivity index (χ3n) is 4.41. The number of hydrogen-bond donors (Lipinski definition) is 1. The van der Waals surface area contributed by atoms with E-state index in [1.807, 2.05) is 42.8 Å². The first kappa shape index (κ1) is 21.3. The fraction of sp³-hybridized carbons (Fsp3) is 0.250. The first-order valence-corrected chi connectivity index (χ1v) is 9.94. The first-order chi connectivity index (χ1) is 14.3. The molecule has 1 heterocycles. The highest BCUT2D eigenvalue weighted by molar-refractivity contribution is 8.00. The van der Waals surface area contributed by atoms with Crippen LogP contribution in [0.5, 0.6) is 5.75 Å². The van der Waals surface area contributed by atoms with Crippen LogP contribution >= 0.6 is 11.8 Å². The highest BCUT2D eigenvalue weighted by Crippen LogP contribution is 2.31. The zero-order valence-electron chi connectivity index (χ0n) is 16.9. The molecule has 1 atom stereocenters. The number of anilines is 1. The number of ether oxygens (including phenoxy) is 1. The number of aromatic nitrogens is 3. The predicted octanol–water partition coefficient (Wildman–Crippen LogP) is 3.83. The van der Waals surface area contributed by atoms with Crippen molar-refractivity contribution in [1.29, 1.82) is 0 Å². The Kier molecular flexibility index (Phi) is 6.36. The number of carbonyl (C=O) groups is 1. The largest absolute Gasteiger partial charge is 0.495 e. The quantitative estimate of drug-likeness (QED) is 0.346. The van der Waals surface area contributed by atoms with Gasteiger partial charge >= 0.3 is 0 Å². The van der Waals surface area contributed by atoms with E-state index in [9.17, 15) is 14.9 Å². The van der Waals surface area contributed by atoms with Gasteiger partial charge in [0.15, 0.2) is 11.0 Å². The van der Waals surface area contributed by atoms with Crippen LogP contribution in [0.25, 0.3) is 11.4 Å². The van der Waals surface area contributed by atoms with Crippen molar-refractivity contribution in [2.75, 3.05) is 12.4 Å². The molecule has 1 aromatic heterocycles. The van der Waals surface area contributed by atoms with Crippen LogP contribution in [0.3, 0.4) is 0 Å². The van der Waals surface area contributed by atoms with Crippen molar-refractivity contribution >= 4 is 29.0 Å². The van der Waals surface area contributed by atoms with Crippen LogP contribution in [-0.2, 0) is 11.8 Å². The van der Waals surface area contributed by atoms with Gasteiger partial charge < -0.3 is 14.6 Å². The highest BCUT2D eigenvalue weighted by Gasteiger charge is 2.21. The van der Waals surface area contributed by atoms with E-state index >= 15 is 0 Å². The van der Waals surface area contributed by atoms with E-state index in [1.165, 1.54) is 37.1 Å². The second-order valence-corrected chi connectivity index (χ2v) is 7.93. The number of thioether (sulfide) groups is 1. The van der Waals surface area contributed by atoms with Crippen molar-refractivity contribution in [3.63, 3.8) is 0 Å². The summed E-state index contributed by atoms with van der Waals surface area (Å²) in [7, 11) is 3.27. The number of hydrogen-bond acceptors (Lipinski definition) is 7. The molecule has 3 rings (SSSR count). The zero-order chi connectivity index (χ0) is 21.8. The van der Waals surface area contributed by atoms with Crippen LogP contribution in [0.1, 0.15) is 12.5 Å². The third-order valence-corrected chi connectivity index (χ3v) is 5.55. The first-order valence-electron chi connectivity index (χ1n) is 9.06. The number of non-ortho nitro benzene ring substituents is 1. The average molecular weight is 427 g/mol. The van der Waals surface area contributed by atoms with Gasteiger partial charge in [-0.2, -0.15) is 0 Å². The summed E-state index contributed by atoms with van der Waals surface area (Å²) in [6.45, 7) is 3.73. The zero-order valence-corrected chi connectivity index (χ0v) is 17.8. The lowest BCUT2D eigenvalue weighted by Gasteiger charge is -2.14. The molecule has 30 heavy (non-hydrogen) atoms. The standard InChI is InChI=1S/C20H21N5O4S/c1-12-6-5-7-14(10-12)18-22-23-20(24(18)3)30-13(2)19(26)21-16-11-15(25(27)28)8-9-17(16)29-4/h5-11,13H,1-4H3,(H,21,26). The number of carbonyl (C=O) groups excluding carboxylic acids is 1. The second kappa shape index (κ2) is 8.95. The molecule has 0 bridgehead atoms. The highest BCUT2D eigenvalue weighted by atomic mass is 32.2. The van der Waals surface area contributed by atoms with Gasteiger partial charge in [0.05, 0.1) is 23.0 Å². The summed E-state index contributed by atoms with van der Waals surface area (Å²) >= 11 is 1.24. The van der Waals surface area contributed by atoms with E-state index < -0.39 is 10.2 Å². The molecular formula is C20H21N5O4S. The summed E-state index contributed by atoms with van der Waals surface area (Å²) in [6, 6.07) is 12.0. The minimum absolute atomic E-state index is 0.137. The summed E-state index contributed by atoms with van der Waals surface area (Å²) in [5, 5.41) is 22.2. The molecule has 3 aromatic rings. The van der Waals surface area contributed by atoms with Gasteiger partial charge in [0.1, 0.15) is 5.75 Å². The maximum atomic E-state index is 12.7. The molecule has 0 radical (unpaired) electrons. The fourth-order valence-corrected chi connectivity index (χ4v) is 3.62. The maximum absolute atomic E-state index is 12.7. The van der Waals surface area contributed by atoms with E-state index in [4.69, 9.17) is 4.74 Å². The lowest BCUT2D eigenvalue weighted by molar-refractivity contribution is -0.384. The molecule has 10 heteroatoms. The third kappa shape index (κ3) is 4.60. The number of nitrogens with one attached hydrogen (secondary N) is 1. The Balaban J connectivity index is 1.76. The minimum atomic E-state index is -0.528. The van der Waals surface area contributed by atoms with Crippen LogP contribution in [0.15, 0.2) is 47.6 Å². The molecule has 9 nitrogen and oxygen atoms in total. The molecule has 0 aliphatic heterocycles. The van der Waals surface area contributed by atoms with Crippen LogP contribution in [-0.4, -0.2) is 38.0 Å². The molecule has 0 aliphatic carbocycles. The van der Waals surface area contributed by atoms with Gasteiger partial charge in [-0.3, -0.25) is 14.9 Å². The number of methoxy groups -OCH3 is 1. The summed E-state index contributed by atoms with van der Waals surface area (Å²) < 4.78 is 7.02. The number of rotatable bonds is 7. The van der Waals surface area contributed by atoms with E-state index in [0.29, 0.717) is 16.7 Å². The average Bonchev–Trinajstić information content (AvgIpc) is 3.08. The van der Waals surface area contributed by atoms with E-state index in [0.717, 1.165) is 11.1 Å². The van der Waals surface area contributed by atoms with Gasteiger partial charge in [0.25, 0.3) is 5.69 Å². The molecule has 1 amide bonds. The van der Waals surface area contributed by atoms with Gasteiger partial charge in [0.2, 0.25) is 5.91 Å². The second-order valence-electron chi connectivity index (χ2n) is 6.63. The van der Waals surface area contributed by atoms with Crippen LogP contribution in [0.4, 0.5) is 11.4 Å². The number of aryl methyl sites for hydroxylation is 1. The van der Waals surface area contributed by atoms with E-state index in [-0.39, 0.29) is 17.3 Å². The Morgan fingerprint density at radius 3 is 2.70 bits per heavy atom. The maximum Gasteiger partial charge on any atom is 0.271 e. The van der Waals surface area contributed by atoms with Crippen LogP contribution in [0.2, 0.25) is 0 Å². The fourth-order valence-electron chi connectivity index (χ4n) is 2.81. The van der Waals surface area contributed by atoms with E-state index in [1.54, 1.807) is 6.92 Å². The molecule has 0 aliphatic rings. The number of amides is 1. The van der Waals surface area contributed by atoms with Crippen molar-refractivity contribution in [2.24, 2.45) is 7.05 Å². The molecule has 2 aromatic carbocycles. The van der Waals surface area contributed by atoms with Gasteiger partial charge in [-0.25, -0.2) is 0 Å². The Morgan fingerprint density at radius 1 is 1.27 bits per heavy atom. The Labute approximate surface area is 177 Å². The van der Waals surface area contributed by atoms with E-state index in [2.05, 4.69) is 15.5 Å². The molecular weight excluding hydrogens is 406 g/mol.